The highest BCUT2D eigenvalue weighted by Crippen LogP contribution is 2.35. The number of halogens is 1. The normalized spacial score (nSPS) is 16.3. The van der Waals surface area contributed by atoms with Gasteiger partial charge in [0.25, 0.3) is 0 Å². The first-order valence-corrected chi connectivity index (χ1v) is 12.8. The van der Waals surface area contributed by atoms with Crippen LogP contribution in [0.2, 0.25) is 0 Å². The highest BCUT2D eigenvalue weighted by molar-refractivity contribution is 5.92. The minimum atomic E-state index is -0.337. The molecule has 0 bridgehead atoms. The van der Waals surface area contributed by atoms with Crippen LogP contribution in [0.3, 0.4) is 0 Å². The molecule has 9 nitrogen and oxygen atoms in total. The number of carbonyl (C=O) groups is 1. The molecule has 2 amide bonds. The lowest BCUT2D eigenvalue weighted by atomic mass is 10.2. The molecule has 3 heterocycles. The summed E-state index contributed by atoms with van der Waals surface area (Å²) in [6, 6.07) is 9.41. The molecule has 0 spiro atoms. The zero-order valence-electron chi connectivity index (χ0n) is 21.2. The van der Waals surface area contributed by atoms with Crippen LogP contribution in [0.1, 0.15) is 19.3 Å². The van der Waals surface area contributed by atoms with Crippen LogP contribution in [0.5, 0.6) is 11.5 Å². The number of amides is 2. The van der Waals surface area contributed by atoms with E-state index in [4.69, 9.17) is 9.47 Å². The molecular formula is C27H33FN6O3. The third-order valence-electron chi connectivity index (χ3n) is 6.94. The number of anilines is 2. The summed E-state index contributed by atoms with van der Waals surface area (Å²) in [4.78, 5) is 28.1. The molecule has 0 unspecified atom stereocenters. The number of nitrogens with one attached hydrogen (secondary N) is 1. The van der Waals surface area contributed by atoms with Gasteiger partial charge >= 0.3 is 6.03 Å². The summed E-state index contributed by atoms with van der Waals surface area (Å²) in [7, 11) is 1.64. The van der Waals surface area contributed by atoms with Crippen molar-refractivity contribution in [3.8, 4) is 11.5 Å². The van der Waals surface area contributed by atoms with Crippen LogP contribution in [0.25, 0.3) is 10.9 Å². The Kier molecular flexibility index (Phi) is 7.84. The average Bonchev–Trinajstić information content (AvgIpc) is 3.45. The van der Waals surface area contributed by atoms with Crippen molar-refractivity contribution in [2.24, 2.45) is 0 Å². The summed E-state index contributed by atoms with van der Waals surface area (Å²) < 4.78 is 24.9. The van der Waals surface area contributed by atoms with Crippen LogP contribution >= 0.6 is 0 Å². The molecule has 0 radical (unpaired) electrons. The van der Waals surface area contributed by atoms with Gasteiger partial charge in [-0.05, 0) is 62.7 Å². The predicted molar refractivity (Wildman–Crippen MR) is 141 cm³/mol. The molecule has 5 rings (SSSR count). The number of hydrogen-bond acceptors (Lipinski definition) is 7. The second kappa shape index (κ2) is 11.6. The van der Waals surface area contributed by atoms with Gasteiger partial charge < -0.3 is 29.5 Å². The highest BCUT2D eigenvalue weighted by Gasteiger charge is 2.24. The Bertz CT molecular complexity index is 1210. The fraction of sp³-hybridized carbons (Fsp3) is 0.444. The van der Waals surface area contributed by atoms with E-state index < -0.39 is 0 Å². The summed E-state index contributed by atoms with van der Waals surface area (Å²) >= 11 is 0. The molecule has 0 aliphatic carbocycles. The SMILES string of the molecule is COc1cc2c(N3CCN(C(=O)Nc4ccc(F)cc4)CC3)ncnc2cc1OCCCN1CCCC1. The van der Waals surface area contributed by atoms with Crippen molar-refractivity contribution in [3.63, 3.8) is 0 Å². The summed E-state index contributed by atoms with van der Waals surface area (Å²) in [6.45, 7) is 6.37. The van der Waals surface area contributed by atoms with E-state index in [1.165, 1.54) is 38.1 Å². The van der Waals surface area contributed by atoms with Crippen LogP contribution in [-0.2, 0) is 0 Å². The molecule has 0 saturated carbocycles. The van der Waals surface area contributed by atoms with Gasteiger partial charge in [0.15, 0.2) is 11.5 Å². The molecular weight excluding hydrogens is 475 g/mol. The Labute approximate surface area is 216 Å². The number of fused-ring (bicyclic) bond motifs is 1. The monoisotopic (exact) mass is 508 g/mol. The Morgan fingerprint density at radius 1 is 1.00 bits per heavy atom. The second-order valence-corrected chi connectivity index (χ2v) is 9.38. The first-order valence-electron chi connectivity index (χ1n) is 12.8. The number of hydrogen-bond donors (Lipinski definition) is 1. The van der Waals surface area contributed by atoms with Crippen LogP contribution in [0.15, 0.2) is 42.7 Å². The van der Waals surface area contributed by atoms with Crippen molar-refractivity contribution in [2.45, 2.75) is 19.3 Å². The van der Waals surface area contributed by atoms with Crippen molar-refractivity contribution in [2.75, 3.05) is 69.7 Å². The quantitative estimate of drug-likeness (QED) is 0.461. The molecule has 2 aromatic carbocycles. The fourth-order valence-corrected chi connectivity index (χ4v) is 4.91. The van der Waals surface area contributed by atoms with Crippen LogP contribution in [-0.4, -0.2) is 85.3 Å². The third-order valence-corrected chi connectivity index (χ3v) is 6.94. The van der Waals surface area contributed by atoms with E-state index in [-0.39, 0.29) is 11.8 Å². The lowest BCUT2D eigenvalue weighted by molar-refractivity contribution is 0.208. The molecule has 1 aromatic heterocycles. The van der Waals surface area contributed by atoms with Crippen molar-refractivity contribution in [3.05, 3.63) is 48.5 Å². The van der Waals surface area contributed by atoms with Gasteiger partial charge in [-0.15, -0.1) is 0 Å². The van der Waals surface area contributed by atoms with Gasteiger partial charge in [-0.2, -0.15) is 0 Å². The van der Waals surface area contributed by atoms with E-state index in [0.29, 0.717) is 50.0 Å². The summed E-state index contributed by atoms with van der Waals surface area (Å²) in [5.41, 5.74) is 1.36. The highest BCUT2D eigenvalue weighted by atomic mass is 19.1. The minimum absolute atomic E-state index is 0.202. The van der Waals surface area contributed by atoms with Crippen LogP contribution < -0.4 is 19.7 Å². The average molecular weight is 509 g/mol. The first kappa shape index (κ1) is 25.0. The minimum Gasteiger partial charge on any atom is -0.493 e. The molecule has 2 aliphatic rings. The smallest absolute Gasteiger partial charge is 0.321 e. The lowest BCUT2D eigenvalue weighted by Crippen LogP contribution is -2.50. The van der Waals surface area contributed by atoms with Gasteiger partial charge in [-0.1, -0.05) is 0 Å². The van der Waals surface area contributed by atoms with Crippen LogP contribution in [0.4, 0.5) is 20.7 Å². The number of aromatic nitrogens is 2. The first-order chi connectivity index (χ1) is 18.1. The van der Waals surface area contributed by atoms with E-state index in [2.05, 4.69) is 25.1 Å². The number of methoxy groups -OCH3 is 1. The van der Waals surface area contributed by atoms with E-state index in [0.717, 1.165) is 29.7 Å². The fourth-order valence-electron chi connectivity index (χ4n) is 4.91. The largest absolute Gasteiger partial charge is 0.493 e. The Morgan fingerprint density at radius 2 is 1.76 bits per heavy atom. The topological polar surface area (TPSA) is 83.1 Å². The number of rotatable bonds is 8. The molecule has 0 atom stereocenters. The number of carbonyl (C=O) groups excluding carboxylic acids is 1. The molecule has 2 fully saturated rings. The van der Waals surface area contributed by atoms with E-state index in [9.17, 15) is 9.18 Å². The number of ether oxygens (including phenoxy) is 2. The Morgan fingerprint density at radius 3 is 2.49 bits per heavy atom. The number of likely N-dealkylation sites (tertiary alicyclic amines) is 1. The molecule has 3 aromatic rings. The molecule has 2 saturated heterocycles. The Hall–Kier alpha value is -3.66. The third kappa shape index (κ3) is 6.02. The standard InChI is InChI=1S/C27H33FN6O3/c1-36-24-17-22-23(18-25(24)37-16-4-11-32-9-2-3-10-32)29-19-30-26(22)33-12-14-34(15-13-33)27(35)31-21-7-5-20(28)6-8-21/h5-8,17-19H,2-4,9-16H2,1H3,(H,31,35). The van der Waals surface area contributed by atoms with Crippen molar-refractivity contribution in [1.29, 1.82) is 0 Å². The van der Waals surface area contributed by atoms with Crippen LogP contribution in [0, 0.1) is 5.82 Å². The van der Waals surface area contributed by atoms with Crippen molar-refractivity contribution in [1.82, 2.24) is 19.8 Å². The van der Waals surface area contributed by atoms with Gasteiger partial charge in [0.1, 0.15) is 18.0 Å². The Balaban J connectivity index is 1.22. The molecule has 1 N–H and O–H groups in total. The van der Waals surface area contributed by atoms with E-state index >= 15 is 0 Å². The van der Waals surface area contributed by atoms with Gasteiger partial charge in [-0.25, -0.2) is 19.2 Å². The summed E-state index contributed by atoms with van der Waals surface area (Å²) in [5, 5.41) is 3.71. The lowest BCUT2D eigenvalue weighted by Gasteiger charge is -2.35. The molecule has 10 heteroatoms. The van der Waals surface area contributed by atoms with E-state index in [1.807, 2.05) is 12.1 Å². The predicted octanol–water partition coefficient (Wildman–Crippen LogP) is 4.00. The van der Waals surface area contributed by atoms with Crippen molar-refractivity contribution >= 4 is 28.4 Å². The van der Waals surface area contributed by atoms with Gasteiger partial charge in [-0.3, -0.25) is 0 Å². The number of nitrogens with zero attached hydrogens (tertiary/aromatic N) is 5. The zero-order chi connectivity index (χ0) is 25.6. The second-order valence-electron chi connectivity index (χ2n) is 9.38. The maximum absolute atomic E-state index is 13.1. The maximum Gasteiger partial charge on any atom is 0.321 e. The van der Waals surface area contributed by atoms with E-state index in [1.54, 1.807) is 30.5 Å². The zero-order valence-corrected chi connectivity index (χ0v) is 21.2. The maximum atomic E-state index is 13.1. The summed E-state index contributed by atoms with van der Waals surface area (Å²) in [6.07, 6.45) is 5.11. The van der Waals surface area contributed by atoms with Gasteiger partial charge in [0.2, 0.25) is 0 Å². The molecule has 196 valence electrons. The summed E-state index contributed by atoms with van der Waals surface area (Å²) in [5.74, 6) is 1.81. The molecule has 37 heavy (non-hydrogen) atoms. The molecule has 2 aliphatic heterocycles. The number of piperazine rings is 1. The van der Waals surface area contributed by atoms with Gasteiger partial charge in [0, 0.05) is 49.9 Å². The van der Waals surface area contributed by atoms with Crippen molar-refractivity contribution < 1.29 is 18.7 Å². The number of urea groups is 1. The number of benzene rings is 2. The van der Waals surface area contributed by atoms with Gasteiger partial charge in [0.05, 0.1) is 19.2 Å².